The lowest BCUT2D eigenvalue weighted by Gasteiger charge is -2.08. The summed E-state index contributed by atoms with van der Waals surface area (Å²) in [5, 5.41) is 8.25. The minimum Gasteiger partial charge on any atom is -0.383 e. The first kappa shape index (κ1) is 17.5. The van der Waals surface area contributed by atoms with Crippen molar-refractivity contribution in [1.29, 1.82) is 0 Å². The van der Waals surface area contributed by atoms with Crippen molar-refractivity contribution in [3.05, 3.63) is 17.0 Å². The van der Waals surface area contributed by atoms with Gasteiger partial charge < -0.3 is 10.1 Å². The molecule has 0 unspecified atom stereocenters. The van der Waals surface area contributed by atoms with Crippen LogP contribution < -0.4 is 5.32 Å². The Bertz CT molecular complexity index is 379. The third-order valence-corrected chi connectivity index (χ3v) is 4.24. The highest BCUT2D eigenvalue weighted by Gasteiger charge is 2.14. The van der Waals surface area contributed by atoms with Gasteiger partial charge in [0.2, 0.25) is 0 Å². The van der Waals surface area contributed by atoms with Gasteiger partial charge in [-0.1, -0.05) is 20.8 Å². The van der Waals surface area contributed by atoms with Crippen LogP contribution >= 0.6 is 11.8 Å². The van der Waals surface area contributed by atoms with E-state index in [-0.39, 0.29) is 0 Å². The summed E-state index contributed by atoms with van der Waals surface area (Å²) in [6.07, 6.45) is 2.05. The second-order valence-electron chi connectivity index (χ2n) is 4.67. The molecule has 0 aliphatic carbocycles. The number of hydrogen-bond donors (Lipinski definition) is 1. The van der Waals surface area contributed by atoms with Gasteiger partial charge in [0.15, 0.2) is 0 Å². The first-order valence-corrected chi connectivity index (χ1v) is 8.78. The molecule has 0 aliphatic rings. The number of aryl methyl sites for hydroxylation is 2. The molecule has 1 aromatic rings. The Kier molecular flexibility index (Phi) is 8.98. The third kappa shape index (κ3) is 5.11. The number of ether oxygens (including phenoxy) is 1. The Labute approximate surface area is 127 Å². The van der Waals surface area contributed by atoms with Crippen molar-refractivity contribution < 1.29 is 4.74 Å². The molecule has 116 valence electrons. The maximum Gasteiger partial charge on any atom is 0.0669 e. The molecule has 0 radical (unpaired) electrons. The lowest BCUT2D eigenvalue weighted by Crippen LogP contribution is -2.20. The molecule has 0 aromatic carbocycles. The summed E-state index contributed by atoms with van der Waals surface area (Å²) in [5.41, 5.74) is 4.03. The van der Waals surface area contributed by atoms with E-state index in [1.54, 1.807) is 7.11 Å². The SMILES string of the molecule is CCSCCn1nc(CC)c(CNCCOC)c1CC. The molecule has 20 heavy (non-hydrogen) atoms. The van der Waals surface area contributed by atoms with E-state index >= 15 is 0 Å². The van der Waals surface area contributed by atoms with E-state index in [1.807, 2.05) is 11.8 Å². The molecule has 1 heterocycles. The number of methoxy groups -OCH3 is 1. The van der Waals surface area contributed by atoms with Crippen molar-refractivity contribution in [3.63, 3.8) is 0 Å². The monoisotopic (exact) mass is 299 g/mol. The maximum absolute atomic E-state index is 5.08. The summed E-state index contributed by atoms with van der Waals surface area (Å²) in [4.78, 5) is 0. The molecular weight excluding hydrogens is 270 g/mol. The number of thioether (sulfide) groups is 1. The van der Waals surface area contributed by atoms with Crippen LogP contribution in [0.2, 0.25) is 0 Å². The zero-order valence-corrected chi connectivity index (χ0v) is 14.2. The fourth-order valence-electron chi connectivity index (χ4n) is 2.34. The molecule has 0 fully saturated rings. The molecule has 0 atom stereocenters. The first-order chi connectivity index (χ1) is 9.78. The summed E-state index contributed by atoms with van der Waals surface area (Å²) in [5.74, 6) is 2.32. The van der Waals surface area contributed by atoms with Gasteiger partial charge in [-0.3, -0.25) is 4.68 Å². The van der Waals surface area contributed by atoms with Crippen LogP contribution in [0.3, 0.4) is 0 Å². The zero-order valence-electron chi connectivity index (χ0n) is 13.4. The molecule has 1 N–H and O–H groups in total. The fourth-order valence-corrected chi connectivity index (χ4v) is 2.93. The van der Waals surface area contributed by atoms with Gasteiger partial charge >= 0.3 is 0 Å². The lowest BCUT2D eigenvalue weighted by atomic mass is 10.1. The first-order valence-electron chi connectivity index (χ1n) is 7.63. The minimum atomic E-state index is 0.754. The maximum atomic E-state index is 5.08. The van der Waals surface area contributed by atoms with Gasteiger partial charge in [-0.2, -0.15) is 16.9 Å². The second kappa shape index (κ2) is 10.2. The molecule has 5 heteroatoms. The number of rotatable bonds is 11. The van der Waals surface area contributed by atoms with Gasteiger partial charge in [-0.25, -0.2) is 0 Å². The van der Waals surface area contributed by atoms with Gasteiger partial charge in [0, 0.05) is 37.2 Å². The second-order valence-corrected chi connectivity index (χ2v) is 6.06. The van der Waals surface area contributed by atoms with Crippen LogP contribution in [0.1, 0.15) is 37.7 Å². The quantitative estimate of drug-likeness (QED) is 0.637. The summed E-state index contributed by atoms with van der Waals surface area (Å²) >= 11 is 1.98. The Morgan fingerprint density at radius 2 is 2.05 bits per heavy atom. The van der Waals surface area contributed by atoms with E-state index in [9.17, 15) is 0 Å². The van der Waals surface area contributed by atoms with Gasteiger partial charge in [0.05, 0.1) is 18.8 Å². The minimum absolute atomic E-state index is 0.754. The van der Waals surface area contributed by atoms with E-state index < -0.39 is 0 Å². The average molecular weight is 299 g/mol. The molecule has 0 aliphatic heterocycles. The van der Waals surface area contributed by atoms with Crippen molar-refractivity contribution in [2.45, 2.75) is 46.7 Å². The van der Waals surface area contributed by atoms with Crippen LogP contribution in [0.25, 0.3) is 0 Å². The summed E-state index contributed by atoms with van der Waals surface area (Å²) in [6.45, 7) is 10.2. The highest BCUT2D eigenvalue weighted by Crippen LogP contribution is 2.17. The average Bonchev–Trinajstić information content (AvgIpc) is 2.81. The van der Waals surface area contributed by atoms with Gasteiger partial charge in [0.25, 0.3) is 0 Å². The molecule has 4 nitrogen and oxygen atoms in total. The Morgan fingerprint density at radius 3 is 2.65 bits per heavy atom. The van der Waals surface area contributed by atoms with Crippen LogP contribution in [0, 0.1) is 0 Å². The van der Waals surface area contributed by atoms with Crippen LogP contribution in [0.5, 0.6) is 0 Å². The highest BCUT2D eigenvalue weighted by molar-refractivity contribution is 7.99. The number of nitrogens with zero attached hydrogens (tertiary/aromatic N) is 2. The smallest absolute Gasteiger partial charge is 0.0669 e. The molecular formula is C15H29N3OS. The summed E-state index contributed by atoms with van der Waals surface area (Å²) < 4.78 is 7.29. The molecule has 0 saturated heterocycles. The van der Waals surface area contributed by atoms with Crippen molar-refractivity contribution in [3.8, 4) is 0 Å². The van der Waals surface area contributed by atoms with Crippen LogP contribution in [-0.2, 0) is 30.7 Å². The Morgan fingerprint density at radius 1 is 1.25 bits per heavy atom. The molecule has 0 bridgehead atoms. The van der Waals surface area contributed by atoms with Gasteiger partial charge in [-0.05, 0) is 18.6 Å². The Hall–Kier alpha value is -0.520. The van der Waals surface area contributed by atoms with Crippen molar-refractivity contribution in [2.75, 3.05) is 31.8 Å². The van der Waals surface area contributed by atoms with E-state index in [0.717, 1.165) is 44.8 Å². The topological polar surface area (TPSA) is 39.1 Å². The van der Waals surface area contributed by atoms with E-state index in [1.165, 1.54) is 22.7 Å². The predicted molar refractivity (Wildman–Crippen MR) is 87.6 cm³/mol. The predicted octanol–water partition coefficient (Wildman–Crippen LogP) is 2.50. The molecule has 0 amide bonds. The van der Waals surface area contributed by atoms with Crippen LogP contribution in [-0.4, -0.2) is 41.5 Å². The van der Waals surface area contributed by atoms with Crippen LogP contribution in [0.15, 0.2) is 0 Å². The van der Waals surface area contributed by atoms with Crippen LogP contribution in [0.4, 0.5) is 0 Å². The molecule has 0 saturated carbocycles. The number of hydrogen-bond acceptors (Lipinski definition) is 4. The fraction of sp³-hybridized carbons (Fsp3) is 0.800. The van der Waals surface area contributed by atoms with Crippen molar-refractivity contribution >= 4 is 11.8 Å². The normalized spacial score (nSPS) is 11.2. The van der Waals surface area contributed by atoms with E-state index in [2.05, 4.69) is 30.8 Å². The molecule has 0 spiro atoms. The summed E-state index contributed by atoms with van der Waals surface area (Å²) in [6, 6.07) is 0. The van der Waals surface area contributed by atoms with Gasteiger partial charge in [0.1, 0.15) is 0 Å². The van der Waals surface area contributed by atoms with E-state index in [0.29, 0.717) is 0 Å². The van der Waals surface area contributed by atoms with Crippen molar-refractivity contribution in [1.82, 2.24) is 15.1 Å². The van der Waals surface area contributed by atoms with E-state index in [4.69, 9.17) is 9.84 Å². The largest absolute Gasteiger partial charge is 0.383 e. The lowest BCUT2D eigenvalue weighted by molar-refractivity contribution is 0.199. The molecule has 1 rings (SSSR count). The number of nitrogens with one attached hydrogen (secondary N) is 1. The summed E-state index contributed by atoms with van der Waals surface area (Å²) in [7, 11) is 1.74. The Balaban J connectivity index is 2.73. The third-order valence-electron chi connectivity index (χ3n) is 3.36. The van der Waals surface area contributed by atoms with Crippen molar-refractivity contribution in [2.24, 2.45) is 0 Å². The highest BCUT2D eigenvalue weighted by atomic mass is 32.2. The van der Waals surface area contributed by atoms with Gasteiger partial charge in [-0.15, -0.1) is 0 Å². The zero-order chi connectivity index (χ0) is 14.8. The standard InChI is InChI=1S/C15H29N3OS/c1-5-14-13(12-16-8-10-19-4)15(6-2)18(17-14)9-11-20-7-3/h16H,5-12H2,1-4H3. The molecule has 1 aromatic heterocycles. The number of aromatic nitrogens is 2.